The molecule has 9 aromatic rings. The summed E-state index contributed by atoms with van der Waals surface area (Å²) < 4.78 is 4.97. The normalized spacial score (nSPS) is 10.8. The first-order valence-corrected chi connectivity index (χ1v) is 24.6. The maximum absolute atomic E-state index is 12.6. The number of aryl methyl sites for hydroxylation is 1. The van der Waals surface area contributed by atoms with E-state index in [0.717, 1.165) is 44.2 Å². The van der Waals surface area contributed by atoms with Gasteiger partial charge in [-0.1, -0.05) is 137 Å². The summed E-state index contributed by atoms with van der Waals surface area (Å²) in [5.74, 6) is -2.75. The highest BCUT2D eigenvalue weighted by Gasteiger charge is 2.19. The van der Waals surface area contributed by atoms with Gasteiger partial charge in [0.15, 0.2) is 0 Å². The van der Waals surface area contributed by atoms with Gasteiger partial charge in [0, 0.05) is 45.1 Å². The molecule has 0 spiro atoms. The molecule has 1 amide bonds. The fraction of sp³-hybridized carbons (Fsp3) is 0.0545. The summed E-state index contributed by atoms with van der Waals surface area (Å²) in [6.45, 7) is 2.43. The van der Waals surface area contributed by atoms with Crippen molar-refractivity contribution in [3.8, 4) is 65.9 Å². The molecule has 16 heteroatoms. The molecule has 0 saturated heterocycles. The third kappa shape index (κ3) is 11.9. The van der Waals surface area contributed by atoms with Crippen LogP contribution in [0.1, 0.15) is 52.6 Å². The third-order valence-electron chi connectivity index (χ3n) is 11.0. The van der Waals surface area contributed by atoms with E-state index in [1.165, 1.54) is 41.9 Å². The van der Waals surface area contributed by atoms with Gasteiger partial charge in [0.2, 0.25) is 0 Å². The molecule has 9 rings (SSSR count). The number of ether oxygens (including phenoxy) is 1. The van der Waals surface area contributed by atoms with E-state index in [1.807, 2.05) is 66.2 Å². The summed E-state index contributed by atoms with van der Waals surface area (Å²) in [4.78, 5) is 57.8. The number of hydrogen-bond donors (Lipinski definition) is 3. The molecule has 0 aliphatic carbocycles. The Balaban J connectivity index is 0.000000194. The van der Waals surface area contributed by atoms with E-state index in [1.54, 1.807) is 84.9 Å². The average Bonchev–Trinajstić information content (AvgIpc) is 4.09. The van der Waals surface area contributed by atoms with Gasteiger partial charge < -0.3 is 20.3 Å². The molecule has 7 aromatic carbocycles. The summed E-state index contributed by atoms with van der Waals surface area (Å²) >= 11 is 27.1. The number of halogens is 4. The minimum Gasteiger partial charge on any atom is -0.478 e. The Morgan fingerprint density at radius 1 is 0.535 bits per heavy atom. The van der Waals surface area contributed by atoms with Crippen molar-refractivity contribution in [2.75, 3.05) is 7.11 Å². The van der Waals surface area contributed by atoms with Crippen LogP contribution < -0.4 is 5.32 Å². The quantitative estimate of drug-likeness (QED) is 0.101. The van der Waals surface area contributed by atoms with Gasteiger partial charge in [-0.2, -0.15) is 0 Å². The highest BCUT2D eigenvalue weighted by atomic mass is 35.5. The predicted octanol–water partition coefficient (Wildman–Crippen LogP) is 15.3. The lowest BCUT2D eigenvalue weighted by Crippen LogP contribution is -2.22. The highest BCUT2D eigenvalue weighted by Crippen LogP contribution is 2.37. The summed E-state index contributed by atoms with van der Waals surface area (Å²) in [6, 6.07) is 42.5. The van der Waals surface area contributed by atoms with Crippen LogP contribution in [0, 0.1) is 6.92 Å². The Bertz CT molecular complexity index is 3490. The summed E-state index contributed by atoms with van der Waals surface area (Å²) in [7, 11) is 1.32. The topological polar surface area (TPSA) is 156 Å². The minimum absolute atomic E-state index is 0.149. The van der Waals surface area contributed by atoms with Crippen LogP contribution in [0.15, 0.2) is 156 Å². The van der Waals surface area contributed by atoms with Crippen LogP contribution in [-0.2, 0) is 11.3 Å². The lowest BCUT2D eigenvalue weighted by molar-refractivity contribution is 0.0599. The molecule has 2 heterocycles. The number of carbonyl (C=O) groups excluding carboxylic acids is 2. The molecule has 0 radical (unpaired) electrons. The molecule has 0 atom stereocenters. The average molecular weight is 1060 g/mol. The summed E-state index contributed by atoms with van der Waals surface area (Å²) in [5.41, 5.74) is 10.5. The number of rotatable bonds is 12. The number of carbonyl (C=O) groups is 4. The first kappa shape index (κ1) is 50.2. The number of methoxy groups -OCH3 is 1. The van der Waals surface area contributed by atoms with Crippen molar-refractivity contribution >= 4 is 92.9 Å². The van der Waals surface area contributed by atoms with Crippen molar-refractivity contribution in [1.29, 1.82) is 0 Å². The van der Waals surface area contributed by atoms with Crippen LogP contribution in [0.3, 0.4) is 0 Å². The Morgan fingerprint density at radius 3 is 1.49 bits per heavy atom. The van der Waals surface area contributed by atoms with Crippen molar-refractivity contribution in [1.82, 2.24) is 15.3 Å². The molecule has 0 aliphatic heterocycles. The summed E-state index contributed by atoms with van der Waals surface area (Å²) in [6.07, 6.45) is 0. The third-order valence-corrected chi connectivity index (χ3v) is 14.3. The van der Waals surface area contributed by atoms with Gasteiger partial charge in [-0.15, -0.1) is 22.7 Å². The number of amides is 1. The van der Waals surface area contributed by atoms with Crippen LogP contribution in [0.25, 0.3) is 65.9 Å². The van der Waals surface area contributed by atoms with Crippen LogP contribution in [0.5, 0.6) is 0 Å². The molecule has 354 valence electrons. The molecule has 0 aliphatic rings. The first-order valence-electron chi connectivity index (χ1n) is 21.4. The molecule has 71 heavy (non-hydrogen) atoms. The molecule has 0 bridgehead atoms. The molecule has 0 fully saturated rings. The van der Waals surface area contributed by atoms with Gasteiger partial charge in [0.1, 0.15) is 10.0 Å². The van der Waals surface area contributed by atoms with E-state index in [2.05, 4.69) is 15.3 Å². The van der Waals surface area contributed by atoms with E-state index in [9.17, 15) is 24.3 Å². The number of aromatic carboxylic acids is 2. The molecule has 2 aromatic heterocycles. The van der Waals surface area contributed by atoms with Crippen LogP contribution in [0.2, 0.25) is 20.1 Å². The number of benzene rings is 7. The maximum atomic E-state index is 12.6. The molecule has 0 saturated carbocycles. The predicted molar refractivity (Wildman–Crippen MR) is 284 cm³/mol. The lowest BCUT2D eigenvalue weighted by Gasteiger charge is -2.10. The minimum atomic E-state index is -1.05. The number of thiazole rings is 2. The number of carboxylic acid groups (broad SMARTS) is 2. The van der Waals surface area contributed by atoms with E-state index in [-0.39, 0.29) is 17.0 Å². The number of esters is 1. The number of nitrogens with zero attached hydrogens (tertiary/aromatic N) is 2. The fourth-order valence-corrected chi connectivity index (χ4v) is 9.65. The second-order valence-corrected chi connectivity index (χ2v) is 19.1. The van der Waals surface area contributed by atoms with E-state index >= 15 is 0 Å². The van der Waals surface area contributed by atoms with Crippen LogP contribution in [-0.4, -0.2) is 51.1 Å². The van der Waals surface area contributed by atoms with Gasteiger partial charge in [0.25, 0.3) is 5.91 Å². The second kappa shape index (κ2) is 22.3. The fourth-order valence-electron chi connectivity index (χ4n) is 7.40. The molecule has 0 unspecified atom stereocenters. The summed E-state index contributed by atoms with van der Waals surface area (Å²) in [5, 5.41) is 29.0. The van der Waals surface area contributed by atoms with Crippen molar-refractivity contribution in [2.45, 2.75) is 13.5 Å². The van der Waals surface area contributed by atoms with Gasteiger partial charge >= 0.3 is 17.9 Å². The van der Waals surface area contributed by atoms with Gasteiger partial charge in [0.05, 0.1) is 55.3 Å². The second-order valence-electron chi connectivity index (χ2n) is 15.8. The number of aromatic nitrogens is 2. The Morgan fingerprint density at radius 2 is 1.01 bits per heavy atom. The Kier molecular flexibility index (Phi) is 15.8. The van der Waals surface area contributed by atoms with Crippen molar-refractivity contribution in [3.05, 3.63) is 210 Å². The SMILES string of the molecule is COC(=O)c1cc(-c2nc(-c3ccc(Cl)c(Cl)c3)cs2)ccc1-c1ccc(C(=O)O)cc1.Cc1cccc(CNC(=O)c2ccc(-c3ccc(-c4nc(-c5ccc(Cl)c(Cl)c5)cs4)cc3C(=O)O)cc2)c1. The van der Waals surface area contributed by atoms with Gasteiger partial charge in [-0.25, -0.2) is 24.4 Å². The van der Waals surface area contributed by atoms with Crippen molar-refractivity contribution in [2.24, 2.45) is 0 Å². The number of hydrogen-bond acceptors (Lipinski definition) is 9. The number of nitrogens with one attached hydrogen (secondary N) is 1. The zero-order valence-electron chi connectivity index (χ0n) is 37.4. The molecular formula is C55H37Cl4N3O7S2. The van der Waals surface area contributed by atoms with Crippen molar-refractivity contribution < 1.29 is 34.1 Å². The van der Waals surface area contributed by atoms with Crippen molar-refractivity contribution in [3.63, 3.8) is 0 Å². The molecule has 3 N–H and O–H groups in total. The van der Waals surface area contributed by atoms with E-state index in [0.29, 0.717) is 70.6 Å². The lowest BCUT2D eigenvalue weighted by atomic mass is 9.96. The van der Waals surface area contributed by atoms with E-state index < -0.39 is 17.9 Å². The zero-order valence-corrected chi connectivity index (χ0v) is 42.0. The first-order chi connectivity index (χ1) is 34.1. The smallest absolute Gasteiger partial charge is 0.338 e. The maximum Gasteiger partial charge on any atom is 0.338 e. The van der Waals surface area contributed by atoms with Crippen LogP contribution >= 0.6 is 69.1 Å². The molecular weight excluding hydrogens is 1020 g/mol. The van der Waals surface area contributed by atoms with E-state index in [4.69, 9.17) is 56.2 Å². The number of carboxylic acids is 2. The largest absolute Gasteiger partial charge is 0.478 e. The van der Waals surface area contributed by atoms with Gasteiger partial charge in [-0.3, -0.25) is 4.79 Å². The Hall–Kier alpha value is -7.16. The highest BCUT2D eigenvalue weighted by molar-refractivity contribution is 7.13. The van der Waals surface area contributed by atoms with Gasteiger partial charge in [-0.05, 0) is 95.4 Å². The Labute approximate surface area is 435 Å². The standard InChI is InChI=1S/C31H22Cl2N2O3S.C24H15Cl2NO4S/c1-18-3-2-4-19(13-18)16-34-29(36)21-7-5-20(6-8-21)24-11-9-23(14-25(24)31(37)38)30-35-28(17-39-30)22-10-12-26(32)27(33)15-22;1-31-24(30)18-10-16(6-8-17(18)13-2-4-14(5-3-13)23(28)29)22-27-21(12-32-22)15-7-9-19(25)20(26)11-15/h2-15,17H,16H2,1H3,(H,34,36)(H,37,38);2-12H,1H3,(H,28,29). The van der Waals surface area contributed by atoms with Crippen LogP contribution in [0.4, 0.5) is 0 Å². The zero-order chi connectivity index (χ0) is 50.3. The monoisotopic (exact) mass is 1060 g/mol. The molecule has 10 nitrogen and oxygen atoms in total.